The fourth-order valence-electron chi connectivity index (χ4n) is 1.54. The Kier molecular flexibility index (Phi) is 5.67. The van der Waals surface area contributed by atoms with Crippen molar-refractivity contribution in [1.29, 1.82) is 0 Å². The van der Waals surface area contributed by atoms with Gasteiger partial charge < -0.3 is 15.2 Å². The second kappa shape index (κ2) is 6.92. The maximum atomic E-state index is 12.2. The Bertz CT molecular complexity index is 532. The summed E-state index contributed by atoms with van der Waals surface area (Å²) in [6.45, 7) is -2.11. The van der Waals surface area contributed by atoms with Gasteiger partial charge in [0.15, 0.2) is 13.2 Å². The third-order valence-corrected chi connectivity index (χ3v) is 2.29. The van der Waals surface area contributed by atoms with Crippen molar-refractivity contribution in [1.82, 2.24) is 4.98 Å². The van der Waals surface area contributed by atoms with E-state index in [2.05, 4.69) is 14.5 Å². The summed E-state index contributed by atoms with van der Waals surface area (Å²) in [5, 5.41) is 0. The second-order valence-electron chi connectivity index (χ2n) is 4.50. The molecular weight excluding hydrogens is 334 g/mol. The van der Waals surface area contributed by atoms with Crippen LogP contribution in [0.1, 0.15) is 11.3 Å². The molecule has 11 heteroatoms. The van der Waals surface area contributed by atoms with Crippen LogP contribution in [0.15, 0.2) is 6.07 Å². The maximum absolute atomic E-state index is 12.2. The minimum atomic E-state index is -4.69. The average molecular weight is 346 g/mol. The van der Waals surface area contributed by atoms with Gasteiger partial charge in [0.05, 0.1) is 12.0 Å². The number of aryl methyl sites for hydroxylation is 1. The molecular formula is C12H12F6N2O3. The van der Waals surface area contributed by atoms with Crippen LogP contribution in [0.5, 0.6) is 11.6 Å². The summed E-state index contributed by atoms with van der Waals surface area (Å²) in [6.07, 6.45) is -10.1. The number of hydrogen-bond donors (Lipinski definition) is 1. The van der Waals surface area contributed by atoms with Gasteiger partial charge in [-0.3, -0.25) is 4.79 Å². The Labute approximate surface area is 126 Å². The van der Waals surface area contributed by atoms with Crippen molar-refractivity contribution in [2.75, 3.05) is 13.2 Å². The molecule has 5 nitrogen and oxygen atoms in total. The second-order valence-corrected chi connectivity index (χ2v) is 4.50. The predicted molar refractivity (Wildman–Crippen MR) is 65.0 cm³/mol. The number of carbonyl (C=O) groups is 1. The van der Waals surface area contributed by atoms with Crippen LogP contribution in [-0.4, -0.2) is 36.5 Å². The molecule has 0 aliphatic rings. The molecule has 1 rings (SSSR count). The number of aromatic nitrogens is 1. The van der Waals surface area contributed by atoms with Gasteiger partial charge >= 0.3 is 12.4 Å². The Hall–Kier alpha value is -2.20. The third-order valence-electron chi connectivity index (χ3n) is 2.29. The van der Waals surface area contributed by atoms with Crippen LogP contribution in [0.3, 0.4) is 0 Å². The first-order valence-corrected chi connectivity index (χ1v) is 6.05. The summed E-state index contributed by atoms with van der Waals surface area (Å²) in [7, 11) is 0. The number of halogens is 6. The third kappa shape index (κ3) is 7.06. The SMILES string of the molecule is Cc1cc(OCC(F)(F)F)c(CC(N)=O)c(OCC(F)(F)F)n1. The fraction of sp³-hybridized carbons (Fsp3) is 0.500. The van der Waals surface area contributed by atoms with Crippen LogP contribution in [0.4, 0.5) is 26.3 Å². The first-order chi connectivity index (χ1) is 10.4. The average Bonchev–Trinajstić information content (AvgIpc) is 2.34. The number of nitrogens with zero attached hydrogens (tertiary/aromatic N) is 1. The largest absolute Gasteiger partial charge is 0.484 e. The molecule has 1 aromatic rings. The molecule has 0 bridgehead atoms. The number of carbonyl (C=O) groups excluding carboxylic acids is 1. The van der Waals surface area contributed by atoms with Crippen LogP contribution in [0.25, 0.3) is 0 Å². The number of nitrogens with two attached hydrogens (primary N) is 1. The minimum Gasteiger partial charge on any atom is -0.484 e. The van der Waals surface area contributed by atoms with E-state index in [1.165, 1.54) is 6.92 Å². The van der Waals surface area contributed by atoms with E-state index >= 15 is 0 Å². The predicted octanol–water partition coefficient (Wildman–Crippen LogP) is 2.30. The van der Waals surface area contributed by atoms with Gasteiger partial charge in [-0.05, 0) is 6.92 Å². The molecule has 0 aliphatic heterocycles. The molecule has 23 heavy (non-hydrogen) atoms. The molecule has 1 amide bonds. The topological polar surface area (TPSA) is 74.4 Å². The normalized spacial score (nSPS) is 12.1. The van der Waals surface area contributed by atoms with Gasteiger partial charge in [-0.15, -0.1) is 0 Å². The van der Waals surface area contributed by atoms with Gasteiger partial charge in [0.1, 0.15) is 5.75 Å². The highest BCUT2D eigenvalue weighted by Gasteiger charge is 2.31. The van der Waals surface area contributed by atoms with Gasteiger partial charge in [-0.1, -0.05) is 0 Å². The Morgan fingerprint density at radius 1 is 1.13 bits per heavy atom. The molecule has 0 aliphatic carbocycles. The van der Waals surface area contributed by atoms with E-state index < -0.39 is 49.5 Å². The highest BCUT2D eigenvalue weighted by Crippen LogP contribution is 2.31. The van der Waals surface area contributed by atoms with Crippen molar-refractivity contribution >= 4 is 5.91 Å². The molecule has 2 N–H and O–H groups in total. The van der Waals surface area contributed by atoms with Crippen LogP contribution in [0.2, 0.25) is 0 Å². The summed E-state index contributed by atoms with van der Waals surface area (Å²) < 4.78 is 82.3. The lowest BCUT2D eigenvalue weighted by molar-refractivity contribution is -0.154. The zero-order valence-electron chi connectivity index (χ0n) is 11.7. The fourth-order valence-corrected chi connectivity index (χ4v) is 1.54. The molecule has 0 atom stereocenters. The monoisotopic (exact) mass is 346 g/mol. The smallest absolute Gasteiger partial charge is 0.422 e. The molecule has 0 aromatic carbocycles. The van der Waals surface area contributed by atoms with Crippen molar-refractivity contribution in [3.8, 4) is 11.6 Å². The van der Waals surface area contributed by atoms with Gasteiger partial charge in [0.2, 0.25) is 11.8 Å². The van der Waals surface area contributed by atoms with E-state index in [0.29, 0.717) is 0 Å². The number of alkyl halides is 6. The number of hydrogen-bond acceptors (Lipinski definition) is 4. The molecule has 1 aromatic heterocycles. The first kappa shape index (κ1) is 18.8. The van der Waals surface area contributed by atoms with Crippen molar-refractivity contribution < 1.29 is 40.6 Å². The van der Waals surface area contributed by atoms with Gasteiger partial charge in [-0.2, -0.15) is 26.3 Å². The quantitative estimate of drug-likeness (QED) is 0.802. The van der Waals surface area contributed by atoms with Gasteiger partial charge in [0.25, 0.3) is 0 Å². The van der Waals surface area contributed by atoms with E-state index in [1.54, 1.807) is 0 Å². The Balaban J connectivity index is 3.15. The Morgan fingerprint density at radius 2 is 1.65 bits per heavy atom. The lowest BCUT2D eigenvalue weighted by Gasteiger charge is -2.17. The number of primary amides is 1. The molecule has 0 spiro atoms. The molecule has 0 unspecified atom stereocenters. The lowest BCUT2D eigenvalue weighted by Crippen LogP contribution is -2.23. The van der Waals surface area contributed by atoms with Crippen LogP contribution in [0, 0.1) is 6.92 Å². The highest BCUT2D eigenvalue weighted by atomic mass is 19.4. The van der Waals surface area contributed by atoms with Gasteiger partial charge in [0, 0.05) is 11.8 Å². The lowest BCUT2D eigenvalue weighted by atomic mass is 10.1. The molecule has 130 valence electrons. The number of amides is 1. The van der Waals surface area contributed by atoms with E-state index in [9.17, 15) is 31.1 Å². The summed E-state index contributed by atoms with van der Waals surface area (Å²) in [5.74, 6) is -2.12. The zero-order chi connectivity index (χ0) is 17.8. The van der Waals surface area contributed by atoms with Crippen LogP contribution >= 0.6 is 0 Å². The van der Waals surface area contributed by atoms with Gasteiger partial charge in [-0.25, -0.2) is 4.98 Å². The minimum absolute atomic E-state index is 0.0487. The van der Waals surface area contributed by atoms with E-state index in [0.717, 1.165) is 6.07 Å². The standard InChI is InChI=1S/C12H12F6N2O3/c1-6-2-8(22-4-11(13,14)15)7(3-9(19)21)10(20-6)23-5-12(16,17)18/h2H,3-5H2,1H3,(H2,19,21). The summed E-state index contributed by atoms with van der Waals surface area (Å²) in [6, 6.07) is 1.05. The van der Waals surface area contributed by atoms with Crippen molar-refractivity contribution in [3.63, 3.8) is 0 Å². The van der Waals surface area contributed by atoms with E-state index in [4.69, 9.17) is 5.73 Å². The summed E-state index contributed by atoms with van der Waals surface area (Å²) >= 11 is 0. The molecule has 0 saturated heterocycles. The Morgan fingerprint density at radius 3 is 2.13 bits per heavy atom. The summed E-state index contributed by atoms with van der Waals surface area (Å²) in [4.78, 5) is 14.6. The van der Waals surface area contributed by atoms with Crippen LogP contribution < -0.4 is 15.2 Å². The van der Waals surface area contributed by atoms with E-state index in [-0.39, 0.29) is 11.3 Å². The van der Waals surface area contributed by atoms with E-state index in [1.807, 2.05) is 0 Å². The van der Waals surface area contributed by atoms with Crippen molar-refractivity contribution in [2.24, 2.45) is 5.73 Å². The van der Waals surface area contributed by atoms with Crippen molar-refractivity contribution in [2.45, 2.75) is 25.7 Å². The number of rotatable bonds is 6. The maximum Gasteiger partial charge on any atom is 0.422 e. The summed E-state index contributed by atoms with van der Waals surface area (Å²) in [5.41, 5.74) is 4.61. The number of pyridine rings is 1. The molecule has 0 radical (unpaired) electrons. The molecule has 0 saturated carbocycles. The van der Waals surface area contributed by atoms with Crippen molar-refractivity contribution in [3.05, 3.63) is 17.3 Å². The van der Waals surface area contributed by atoms with Crippen LogP contribution in [-0.2, 0) is 11.2 Å². The first-order valence-electron chi connectivity index (χ1n) is 6.05. The molecule has 0 fully saturated rings. The molecule has 1 heterocycles. The zero-order valence-corrected chi connectivity index (χ0v) is 11.7. The number of ether oxygens (including phenoxy) is 2. The highest BCUT2D eigenvalue weighted by molar-refractivity contribution is 5.78.